The number of rotatable bonds is 2. The molecule has 112 valence electrons. The van der Waals surface area contributed by atoms with Gasteiger partial charge in [0.25, 0.3) is 5.91 Å². The zero-order valence-electron chi connectivity index (χ0n) is 12.2. The number of carbonyl (C=O) groups excluding carboxylic acids is 1. The monoisotopic (exact) mass is 322 g/mol. The van der Waals surface area contributed by atoms with E-state index in [1.165, 1.54) is 11.3 Å². The Morgan fingerprint density at radius 1 is 1.43 bits per heavy atom. The van der Waals surface area contributed by atoms with Crippen molar-refractivity contribution in [3.63, 3.8) is 0 Å². The molecule has 1 aromatic carbocycles. The minimum absolute atomic E-state index is 0.00743. The smallest absolute Gasteiger partial charge is 0.261 e. The van der Waals surface area contributed by atoms with Crippen LogP contribution in [-0.4, -0.2) is 24.5 Å². The summed E-state index contributed by atoms with van der Waals surface area (Å²) >= 11 is 7.74. The first kappa shape index (κ1) is 14.8. The van der Waals surface area contributed by atoms with E-state index >= 15 is 0 Å². The van der Waals surface area contributed by atoms with Gasteiger partial charge in [-0.1, -0.05) is 17.7 Å². The molecule has 1 aliphatic rings. The SMILES string of the molecule is Cc1ccc(Cl)c2cc(C(=O)NC3CCC(C)NC3)sc12. The van der Waals surface area contributed by atoms with Gasteiger partial charge in [-0.25, -0.2) is 0 Å². The molecule has 2 atom stereocenters. The van der Waals surface area contributed by atoms with Crippen molar-refractivity contribution >= 4 is 38.9 Å². The van der Waals surface area contributed by atoms with Crippen molar-refractivity contribution in [2.45, 2.75) is 38.8 Å². The first-order chi connectivity index (χ1) is 10.0. The molecule has 0 radical (unpaired) electrons. The number of carbonyl (C=O) groups is 1. The molecule has 3 rings (SSSR count). The molecule has 0 saturated carbocycles. The molecule has 2 N–H and O–H groups in total. The summed E-state index contributed by atoms with van der Waals surface area (Å²) in [5.41, 5.74) is 1.16. The molecule has 1 saturated heterocycles. The predicted molar refractivity (Wildman–Crippen MR) is 89.5 cm³/mol. The summed E-state index contributed by atoms with van der Waals surface area (Å²) < 4.78 is 1.10. The van der Waals surface area contributed by atoms with E-state index in [-0.39, 0.29) is 11.9 Å². The third-order valence-corrected chi connectivity index (χ3v) is 5.65. The Labute approximate surface area is 133 Å². The van der Waals surface area contributed by atoms with Gasteiger partial charge in [-0.05, 0) is 44.4 Å². The molecule has 5 heteroatoms. The van der Waals surface area contributed by atoms with Crippen molar-refractivity contribution in [3.8, 4) is 0 Å². The van der Waals surface area contributed by atoms with Crippen LogP contribution in [0.25, 0.3) is 10.1 Å². The number of halogens is 1. The number of nitrogens with one attached hydrogen (secondary N) is 2. The molecular formula is C16H19ClN2OS. The molecule has 1 aromatic heterocycles. The highest BCUT2D eigenvalue weighted by atomic mass is 35.5. The van der Waals surface area contributed by atoms with Crippen LogP contribution in [-0.2, 0) is 0 Å². The molecule has 1 amide bonds. The summed E-state index contributed by atoms with van der Waals surface area (Å²) in [6.45, 7) is 5.07. The molecular weight excluding hydrogens is 304 g/mol. The van der Waals surface area contributed by atoms with E-state index in [0.717, 1.165) is 39.9 Å². The average Bonchev–Trinajstić information content (AvgIpc) is 2.92. The van der Waals surface area contributed by atoms with Crippen LogP contribution in [0.1, 0.15) is 35.0 Å². The minimum Gasteiger partial charge on any atom is -0.347 e. The van der Waals surface area contributed by atoms with E-state index in [4.69, 9.17) is 11.6 Å². The standard InChI is InChI=1S/C16H19ClN2OS/c1-9-3-6-13(17)12-7-14(21-15(9)12)16(20)19-11-5-4-10(2)18-8-11/h3,6-7,10-11,18H,4-5,8H2,1-2H3,(H,19,20). The number of fused-ring (bicyclic) bond motifs is 1. The Morgan fingerprint density at radius 2 is 2.24 bits per heavy atom. The van der Waals surface area contributed by atoms with Gasteiger partial charge in [0, 0.05) is 33.7 Å². The van der Waals surface area contributed by atoms with Gasteiger partial charge < -0.3 is 10.6 Å². The Morgan fingerprint density at radius 3 is 2.90 bits per heavy atom. The molecule has 1 aliphatic heterocycles. The van der Waals surface area contributed by atoms with E-state index in [1.54, 1.807) is 0 Å². The second-order valence-electron chi connectivity index (χ2n) is 5.77. The Bertz CT molecular complexity index is 635. The first-order valence-electron chi connectivity index (χ1n) is 7.27. The Hall–Kier alpha value is -1.10. The van der Waals surface area contributed by atoms with Gasteiger partial charge in [0.15, 0.2) is 0 Å². The average molecular weight is 323 g/mol. The van der Waals surface area contributed by atoms with Crippen molar-refractivity contribution in [2.75, 3.05) is 6.54 Å². The largest absolute Gasteiger partial charge is 0.347 e. The third kappa shape index (κ3) is 3.07. The first-order valence-corrected chi connectivity index (χ1v) is 8.47. The molecule has 0 bridgehead atoms. The van der Waals surface area contributed by atoms with Crippen LogP contribution in [0, 0.1) is 6.92 Å². The molecule has 21 heavy (non-hydrogen) atoms. The summed E-state index contributed by atoms with van der Waals surface area (Å²) in [6.07, 6.45) is 2.13. The molecule has 2 heterocycles. The maximum Gasteiger partial charge on any atom is 0.261 e. The van der Waals surface area contributed by atoms with Gasteiger partial charge in [0.05, 0.1) is 4.88 Å². The molecule has 1 fully saturated rings. The number of hydrogen-bond donors (Lipinski definition) is 2. The van der Waals surface area contributed by atoms with Crippen LogP contribution in [0.4, 0.5) is 0 Å². The highest BCUT2D eigenvalue weighted by Crippen LogP contribution is 2.33. The summed E-state index contributed by atoms with van der Waals surface area (Å²) in [5.74, 6) is 0.00743. The van der Waals surface area contributed by atoms with Crippen LogP contribution in [0.15, 0.2) is 18.2 Å². The summed E-state index contributed by atoms with van der Waals surface area (Å²) in [6, 6.07) is 6.55. The number of hydrogen-bond acceptors (Lipinski definition) is 3. The van der Waals surface area contributed by atoms with Crippen molar-refractivity contribution in [1.29, 1.82) is 0 Å². The second-order valence-corrected chi connectivity index (χ2v) is 7.23. The number of aryl methyl sites for hydroxylation is 1. The van der Waals surface area contributed by atoms with Crippen molar-refractivity contribution < 1.29 is 4.79 Å². The molecule has 2 unspecified atom stereocenters. The number of benzene rings is 1. The lowest BCUT2D eigenvalue weighted by Crippen LogP contribution is -2.48. The maximum absolute atomic E-state index is 12.4. The number of piperidine rings is 1. The summed E-state index contributed by atoms with van der Waals surface area (Å²) in [7, 11) is 0. The van der Waals surface area contributed by atoms with Gasteiger partial charge in [-0.15, -0.1) is 11.3 Å². The lowest BCUT2D eigenvalue weighted by Gasteiger charge is -2.28. The third-order valence-electron chi connectivity index (χ3n) is 4.05. The summed E-state index contributed by atoms with van der Waals surface area (Å²) in [5, 5.41) is 8.20. The zero-order valence-corrected chi connectivity index (χ0v) is 13.8. The zero-order chi connectivity index (χ0) is 15.0. The lowest BCUT2D eigenvalue weighted by molar-refractivity contribution is 0.0932. The quantitative estimate of drug-likeness (QED) is 0.884. The topological polar surface area (TPSA) is 41.1 Å². The van der Waals surface area contributed by atoms with Crippen LogP contribution < -0.4 is 10.6 Å². The molecule has 0 aliphatic carbocycles. The summed E-state index contributed by atoms with van der Waals surface area (Å²) in [4.78, 5) is 13.2. The van der Waals surface area contributed by atoms with Crippen LogP contribution in [0.2, 0.25) is 5.02 Å². The normalized spacial score (nSPS) is 22.4. The fourth-order valence-electron chi connectivity index (χ4n) is 2.72. The van der Waals surface area contributed by atoms with Gasteiger partial charge in [0.1, 0.15) is 0 Å². The molecule has 0 spiro atoms. The Kier molecular flexibility index (Phi) is 4.20. The molecule has 3 nitrogen and oxygen atoms in total. The number of amides is 1. The van der Waals surface area contributed by atoms with E-state index in [9.17, 15) is 4.79 Å². The van der Waals surface area contributed by atoms with E-state index in [0.29, 0.717) is 11.1 Å². The second kappa shape index (κ2) is 5.95. The van der Waals surface area contributed by atoms with Crippen LogP contribution >= 0.6 is 22.9 Å². The molecule has 2 aromatic rings. The lowest BCUT2D eigenvalue weighted by atomic mass is 10.0. The van der Waals surface area contributed by atoms with Crippen LogP contribution in [0.3, 0.4) is 0 Å². The maximum atomic E-state index is 12.4. The van der Waals surface area contributed by atoms with Gasteiger partial charge in [0.2, 0.25) is 0 Å². The van der Waals surface area contributed by atoms with Gasteiger partial charge >= 0.3 is 0 Å². The highest BCUT2D eigenvalue weighted by Gasteiger charge is 2.21. The number of thiophene rings is 1. The fraction of sp³-hybridized carbons (Fsp3) is 0.438. The van der Waals surface area contributed by atoms with Crippen molar-refractivity contribution in [2.24, 2.45) is 0 Å². The van der Waals surface area contributed by atoms with E-state index in [1.807, 2.05) is 25.1 Å². The van der Waals surface area contributed by atoms with Crippen molar-refractivity contribution in [3.05, 3.63) is 33.7 Å². The van der Waals surface area contributed by atoms with E-state index < -0.39 is 0 Å². The fourth-order valence-corrected chi connectivity index (χ4v) is 4.04. The van der Waals surface area contributed by atoms with Gasteiger partial charge in [-0.2, -0.15) is 0 Å². The van der Waals surface area contributed by atoms with E-state index in [2.05, 4.69) is 17.6 Å². The highest BCUT2D eigenvalue weighted by molar-refractivity contribution is 7.21. The minimum atomic E-state index is 0.00743. The van der Waals surface area contributed by atoms with Gasteiger partial charge in [-0.3, -0.25) is 4.79 Å². The predicted octanol–water partition coefficient (Wildman–Crippen LogP) is 3.73. The van der Waals surface area contributed by atoms with Crippen molar-refractivity contribution in [1.82, 2.24) is 10.6 Å². The van der Waals surface area contributed by atoms with Crippen LogP contribution in [0.5, 0.6) is 0 Å². The Balaban J connectivity index is 1.79.